The molecular formula is C30H30N4O3S2. The summed E-state index contributed by atoms with van der Waals surface area (Å²) in [6.07, 6.45) is 1.77. The number of benzene rings is 2. The van der Waals surface area contributed by atoms with E-state index in [9.17, 15) is 4.79 Å². The third-order valence-corrected chi connectivity index (χ3v) is 7.59. The Morgan fingerprint density at radius 1 is 1.08 bits per heavy atom. The molecule has 2 atom stereocenters. The van der Waals surface area contributed by atoms with E-state index in [-0.39, 0.29) is 18.0 Å². The van der Waals surface area contributed by atoms with Crippen molar-refractivity contribution < 1.29 is 13.9 Å². The number of hydrogen-bond acceptors (Lipinski definition) is 6. The summed E-state index contributed by atoms with van der Waals surface area (Å²) < 4.78 is 12.1. The molecule has 2 unspecified atom stereocenters. The number of pyridine rings is 1. The summed E-state index contributed by atoms with van der Waals surface area (Å²) in [5, 5.41) is 7.74. The molecule has 9 heteroatoms. The first kappa shape index (κ1) is 26.8. The van der Waals surface area contributed by atoms with E-state index in [1.54, 1.807) is 25.1 Å². The van der Waals surface area contributed by atoms with Crippen LogP contribution in [0.15, 0.2) is 99.5 Å². The van der Waals surface area contributed by atoms with E-state index in [1.165, 1.54) is 0 Å². The molecule has 4 aromatic rings. The second kappa shape index (κ2) is 11.1. The van der Waals surface area contributed by atoms with Crippen molar-refractivity contribution in [3.63, 3.8) is 0 Å². The van der Waals surface area contributed by atoms with Crippen molar-refractivity contribution in [2.75, 3.05) is 17.3 Å². The highest BCUT2D eigenvalue weighted by Gasteiger charge is 2.43. The topological polar surface area (TPSA) is 79.6 Å². The molecule has 200 valence electrons. The summed E-state index contributed by atoms with van der Waals surface area (Å²) >= 11 is 7.41. The quantitative estimate of drug-likeness (QED) is 0.235. The van der Waals surface area contributed by atoms with Crippen LogP contribution in [0.5, 0.6) is 5.75 Å². The van der Waals surface area contributed by atoms with Gasteiger partial charge in [-0.2, -0.15) is 0 Å². The van der Waals surface area contributed by atoms with Gasteiger partial charge in [0.25, 0.3) is 0 Å². The van der Waals surface area contributed by atoms with E-state index >= 15 is 0 Å². The van der Waals surface area contributed by atoms with Crippen molar-refractivity contribution in [3.05, 3.63) is 96.5 Å². The van der Waals surface area contributed by atoms with Gasteiger partial charge in [0, 0.05) is 28.3 Å². The Hall–Kier alpha value is -3.82. The van der Waals surface area contributed by atoms with Gasteiger partial charge in [0.05, 0.1) is 24.5 Å². The van der Waals surface area contributed by atoms with Crippen LogP contribution in [0.25, 0.3) is 0 Å². The number of aromatic nitrogens is 1. The summed E-state index contributed by atoms with van der Waals surface area (Å²) in [7, 11) is 1.58. The van der Waals surface area contributed by atoms with Crippen LogP contribution >= 0.6 is 24.0 Å². The van der Waals surface area contributed by atoms with Crippen LogP contribution in [0.3, 0.4) is 0 Å². The number of hydrogen-bond donors (Lipinski definition) is 2. The van der Waals surface area contributed by atoms with Gasteiger partial charge in [-0.1, -0.05) is 56.8 Å². The third kappa shape index (κ3) is 5.79. The maximum absolute atomic E-state index is 12.6. The lowest BCUT2D eigenvalue weighted by atomic mass is 9.95. The highest BCUT2D eigenvalue weighted by atomic mass is 32.2. The minimum atomic E-state index is -0.542. The zero-order valence-corrected chi connectivity index (χ0v) is 23.8. The Kier molecular flexibility index (Phi) is 7.63. The summed E-state index contributed by atoms with van der Waals surface area (Å²) in [6.45, 7) is 5.61. The van der Waals surface area contributed by atoms with Crippen LogP contribution in [0, 0.1) is 5.41 Å². The van der Waals surface area contributed by atoms with E-state index in [4.69, 9.17) is 21.4 Å². The third-order valence-electron chi connectivity index (χ3n) is 6.35. The predicted octanol–water partition coefficient (Wildman–Crippen LogP) is 7.00. The molecule has 0 bridgehead atoms. The van der Waals surface area contributed by atoms with Crippen molar-refractivity contribution in [1.29, 1.82) is 0 Å². The second-order valence-electron chi connectivity index (χ2n) is 10.2. The van der Waals surface area contributed by atoms with Crippen molar-refractivity contribution in [1.82, 2.24) is 10.3 Å². The van der Waals surface area contributed by atoms with Gasteiger partial charge in [-0.3, -0.25) is 9.78 Å². The van der Waals surface area contributed by atoms with Crippen molar-refractivity contribution in [3.8, 4) is 5.75 Å². The van der Waals surface area contributed by atoms with Gasteiger partial charge in [-0.05, 0) is 60.7 Å². The summed E-state index contributed by atoms with van der Waals surface area (Å²) in [5.41, 5.74) is 1.70. The minimum absolute atomic E-state index is 0.0981. The molecule has 7 nitrogen and oxygen atoms in total. The van der Waals surface area contributed by atoms with Crippen molar-refractivity contribution >= 4 is 46.4 Å². The molecule has 1 amide bonds. The van der Waals surface area contributed by atoms with Crippen LogP contribution in [0.1, 0.15) is 44.3 Å². The zero-order chi connectivity index (χ0) is 27.6. The molecule has 0 radical (unpaired) electrons. The summed E-state index contributed by atoms with van der Waals surface area (Å²) in [4.78, 5) is 20.4. The van der Waals surface area contributed by atoms with Crippen LogP contribution in [-0.4, -0.2) is 23.1 Å². The van der Waals surface area contributed by atoms with Gasteiger partial charge >= 0.3 is 0 Å². The number of thiocarbonyl (C=S) groups is 1. The first-order valence-corrected chi connectivity index (χ1v) is 13.8. The average Bonchev–Trinajstić information content (AvgIpc) is 3.53. The Morgan fingerprint density at radius 2 is 1.85 bits per heavy atom. The van der Waals surface area contributed by atoms with E-state index in [1.807, 2.05) is 105 Å². The van der Waals surface area contributed by atoms with Crippen LogP contribution < -0.4 is 20.3 Å². The zero-order valence-electron chi connectivity index (χ0n) is 22.2. The minimum Gasteiger partial charge on any atom is -0.494 e. The monoisotopic (exact) mass is 558 g/mol. The van der Waals surface area contributed by atoms with Crippen molar-refractivity contribution in [2.24, 2.45) is 5.41 Å². The van der Waals surface area contributed by atoms with Crippen LogP contribution in [0.2, 0.25) is 0 Å². The highest BCUT2D eigenvalue weighted by molar-refractivity contribution is 7.99. The normalized spacial score (nSPS) is 17.1. The van der Waals surface area contributed by atoms with E-state index in [0.717, 1.165) is 27.1 Å². The molecule has 3 heterocycles. The number of methoxy groups -OCH3 is 1. The predicted molar refractivity (Wildman–Crippen MR) is 158 cm³/mol. The van der Waals surface area contributed by atoms with Gasteiger partial charge in [-0.15, -0.1) is 0 Å². The molecular weight excluding hydrogens is 528 g/mol. The van der Waals surface area contributed by atoms with Gasteiger partial charge in [-0.25, -0.2) is 0 Å². The lowest BCUT2D eigenvalue weighted by molar-refractivity contribution is -0.123. The molecule has 0 aliphatic carbocycles. The summed E-state index contributed by atoms with van der Waals surface area (Å²) in [6, 6.07) is 25.0. The molecule has 2 N–H and O–H groups in total. The number of anilines is 2. The highest BCUT2D eigenvalue weighted by Crippen LogP contribution is 2.44. The van der Waals surface area contributed by atoms with Crippen LogP contribution in [-0.2, 0) is 4.79 Å². The second-order valence-corrected chi connectivity index (χ2v) is 11.6. The van der Waals surface area contributed by atoms with Gasteiger partial charge in [0.2, 0.25) is 5.91 Å². The van der Waals surface area contributed by atoms with E-state index in [0.29, 0.717) is 16.5 Å². The molecule has 1 aliphatic heterocycles. The fourth-order valence-electron chi connectivity index (χ4n) is 4.32. The number of ether oxygens (including phenoxy) is 1. The maximum atomic E-state index is 12.6. The number of nitrogens with zero attached hydrogens (tertiary/aromatic N) is 2. The standard InChI is InChI=1S/C30H30N4O3S2/c1-30(2,3)28(35)32-21-14-13-19(18-24(21)36-4)34-27(26(33-29(34)38)22-12-8-9-17-31-22)23-15-16-25(37-23)39-20-10-6-5-7-11-20/h5-18,26-27H,1-4H3,(H,32,35)(H,33,38). The summed E-state index contributed by atoms with van der Waals surface area (Å²) in [5.74, 6) is 1.19. The van der Waals surface area contributed by atoms with Gasteiger partial charge < -0.3 is 24.7 Å². The van der Waals surface area contributed by atoms with E-state index in [2.05, 4.69) is 15.6 Å². The molecule has 1 fully saturated rings. The fourth-order valence-corrected chi connectivity index (χ4v) is 5.46. The number of rotatable bonds is 7. The molecule has 2 aromatic carbocycles. The Bertz CT molecular complexity index is 1470. The number of amides is 1. The molecule has 0 spiro atoms. The largest absolute Gasteiger partial charge is 0.494 e. The average molecular weight is 559 g/mol. The lowest BCUT2D eigenvalue weighted by Gasteiger charge is -2.27. The first-order chi connectivity index (χ1) is 18.7. The lowest BCUT2D eigenvalue weighted by Crippen LogP contribution is -2.30. The Morgan fingerprint density at radius 3 is 2.54 bits per heavy atom. The Labute approximate surface area is 238 Å². The molecule has 39 heavy (non-hydrogen) atoms. The molecule has 5 rings (SSSR count). The Balaban J connectivity index is 1.52. The SMILES string of the molecule is COc1cc(N2C(=S)NC(c3ccccn3)C2c2ccc(Sc3ccccc3)o2)ccc1NC(=O)C(C)(C)C. The first-order valence-electron chi connectivity index (χ1n) is 12.6. The number of carbonyl (C=O) groups excluding carboxylic acids is 1. The number of nitrogens with one attached hydrogen (secondary N) is 2. The molecule has 0 saturated carbocycles. The number of furan rings is 1. The molecule has 2 aromatic heterocycles. The van der Waals surface area contributed by atoms with E-state index < -0.39 is 5.41 Å². The number of carbonyl (C=O) groups is 1. The van der Waals surface area contributed by atoms with Gasteiger partial charge in [0.1, 0.15) is 17.6 Å². The fraction of sp³-hybridized carbons (Fsp3) is 0.233. The van der Waals surface area contributed by atoms with Crippen molar-refractivity contribution in [2.45, 2.75) is 42.8 Å². The van der Waals surface area contributed by atoms with Crippen LogP contribution in [0.4, 0.5) is 11.4 Å². The molecule has 1 saturated heterocycles. The van der Waals surface area contributed by atoms with Gasteiger partial charge in [0.15, 0.2) is 10.2 Å². The smallest absolute Gasteiger partial charge is 0.229 e. The maximum Gasteiger partial charge on any atom is 0.229 e. The molecule has 1 aliphatic rings.